The molecule has 0 bridgehead atoms. The first-order chi connectivity index (χ1) is 15.9. The standard InChI is InChI=1S/C20H18ClN3O8S/c1-28-12-2-4-14(21)16(8-12)32-20-22-18(10-19(23-20)29-7-6-25)24-33(26,27)13-3-5-15-17(9-13)31-11-30-15/h2-5,8-10,25H,6-7,11H2,1H3,(H,22,23,24). The quantitative estimate of drug-likeness (QED) is 0.455. The molecule has 33 heavy (non-hydrogen) atoms. The Bertz CT molecular complexity index is 1270. The third kappa shape index (κ3) is 5.30. The van der Waals surface area contributed by atoms with E-state index in [1.165, 1.54) is 37.4 Å². The van der Waals surface area contributed by atoms with Crippen molar-refractivity contribution in [3.8, 4) is 34.9 Å². The number of hydrogen-bond acceptors (Lipinski definition) is 10. The number of sulfonamides is 1. The average Bonchev–Trinajstić information content (AvgIpc) is 3.27. The maximum Gasteiger partial charge on any atom is 0.327 e. The first kappa shape index (κ1) is 22.7. The highest BCUT2D eigenvalue weighted by Gasteiger charge is 2.22. The van der Waals surface area contributed by atoms with Gasteiger partial charge >= 0.3 is 6.01 Å². The summed E-state index contributed by atoms with van der Waals surface area (Å²) in [5, 5.41) is 9.30. The van der Waals surface area contributed by atoms with Crippen LogP contribution >= 0.6 is 11.6 Å². The van der Waals surface area contributed by atoms with Crippen molar-refractivity contribution in [2.24, 2.45) is 0 Å². The molecule has 0 amide bonds. The Morgan fingerprint density at radius 2 is 1.94 bits per heavy atom. The molecule has 0 radical (unpaired) electrons. The van der Waals surface area contributed by atoms with E-state index in [0.717, 1.165) is 0 Å². The van der Waals surface area contributed by atoms with Crippen LogP contribution in [0.5, 0.6) is 34.9 Å². The molecule has 1 aliphatic rings. The molecule has 2 heterocycles. The number of methoxy groups -OCH3 is 1. The maximum absolute atomic E-state index is 12.9. The third-order valence-electron chi connectivity index (χ3n) is 4.26. The fourth-order valence-corrected chi connectivity index (χ4v) is 3.92. The van der Waals surface area contributed by atoms with E-state index in [2.05, 4.69) is 14.7 Å². The topological polar surface area (TPSA) is 138 Å². The summed E-state index contributed by atoms with van der Waals surface area (Å²) < 4.78 is 54.7. The molecule has 13 heteroatoms. The fourth-order valence-electron chi connectivity index (χ4n) is 2.75. The van der Waals surface area contributed by atoms with Gasteiger partial charge in [-0.1, -0.05) is 11.6 Å². The largest absolute Gasteiger partial charge is 0.497 e. The van der Waals surface area contributed by atoms with Crippen molar-refractivity contribution in [1.82, 2.24) is 9.97 Å². The predicted molar refractivity (Wildman–Crippen MR) is 116 cm³/mol. The molecule has 1 aliphatic heterocycles. The van der Waals surface area contributed by atoms with Crippen molar-refractivity contribution >= 4 is 27.4 Å². The zero-order valence-corrected chi connectivity index (χ0v) is 18.7. The van der Waals surface area contributed by atoms with Gasteiger partial charge in [-0.25, -0.2) is 8.42 Å². The molecule has 0 atom stereocenters. The fraction of sp³-hybridized carbons (Fsp3) is 0.200. The summed E-state index contributed by atoms with van der Waals surface area (Å²) >= 11 is 6.17. The minimum Gasteiger partial charge on any atom is -0.497 e. The van der Waals surface area contributed by atoms with E-state index in [0.29, 0.717) is 17.2 Å². The van der Waals surface area contributed by atoms with Crippen molar-refractivity contribution in [2.45, 2.75) is 4.90 Å². The Labute approximate surface area is 193 Å². The number of aliphatic hydroxyl groups is 1. The van der Waals surface area contributed by atoms with Crippen LogP contribution in [0.4, 0.5) is 5.82 Å². The highest BCUT2D eigenvalue weighted by atomic mass is 35.5. The van der Waals surface area contributed by atoms with Gasteiger partial charge in [-0.05, 0) is 24.3 Å². The number of hydrogen-bond donors (Lipinski definition) is 2. The molecule has 2 N–H and O–H groups in total. The number of benzene rings is 2. The number of fused-ring (bicyclic) bond motifs is 1. The second-order valence-corrected chi connectivity index (χ2v) is 8.55. The van der Waals surface area contributed by atoms with Crippen LogP contribution in [0.15, 0.2) is 47.4 Å². The molecule has 0 saturated carbocycles. The van der Waals surface area contributed by atoms with Crippen LogP contribution in [-0.4, -0.2) is 50.6 Å². The molecule has 0 unspecified atom stereocenters. The van der Waals surface area contributed by atoms with E-state index in [1.807, 2.05) is 0 Å². The summed E-state index contributed by atoms with van der Waals surface area (Å²) in [5.74, 6) is 1.25. The van der Waals surface area contributed by atoms with Crippen LogP contribution in [0.1, 0.15) is 0 Å². The zero-order chi connectivity index (χ0) is 23.4. The van der Waals surface area contributed by atoms with Crippen LogP contribution in [0.25, 0.3) is 0 Å². The van der Waals surface area contributed by atoms with Gasteiger partial charge in [0, 0.05) is 18.2 Å². The molecule has 0 aliphatic carbocycles. The second-order valence-electron chi connectivity index (χ2n) is 6.47. The van der Waals surface area contributed by atoms with Crippen LogP contribution in [0.2, 0.25) is 5.02 Å². The number of nitrogens with zero attached hydrogens (tertiary/aromatic N) is 2. The van der Waals surface area contributed by atoms with E-state index in [1.54, 1.807) is 12.1 Å². The lowest BCUT2D eigenvalue weighted by Gasteiger charge is -2.12. The summed E-state index contributed by atoms with van der Waals surface area (Å²) in [6.45, 7) is -0.345. The Morgan fingerprint density at radius 3 is 2.73 bits per heavy atom. The first-order valence-electron chi connectivity index (χ1n) is 9.44. The lowest BCUT2D eigenvalue weighted by Crippen LogP contribution is -2.15. The predicted octanol–water partition coefficient (Wildman–Crippen LogP) is 2.83. The number of nitrogens with one attached hydrogen (secondary N) is 1. The molecule has 4 rings (SSSR count). The number of anilines is 1. The molecule has 3 aromatic rings. The van der Waals surface area contributed by atoms with Gasteiger partial charge in [-0.3, -0.25) is 4.72 Å². The van der Waals surface area contributed by atoms with E-state index in [-0.39, 0.29) is 53.4 Å². The van der Waals surface area contributed by atoms with Crippen LogP contribution in [0, 0.1) is 0 Å². The number of halogens is 1. The van der Waals surface area contributed by atoms with Crippen LogP contribution < -0.4 is 28.4 Å². The van der Waals surface area contributed by atoms with Crippen molar-refractivity contribution in [2.75, 3.05) is 31.8 Å². The molecule has 0 saturated heterocycles. The van der Waals surface area contributed by atoms with Crippen molar-refractivity contribution < 1.29 is 37.2 Å². The highest BCUT2D eigenvalue weighted by Crippen LogP contribution is 2.35. The van der Waals surface area contributed by atoms with Gasteiger partial charge in [-0.15, -0.1) is 0 Å². The lowest BCUT2D eigenvalue weighted by molar-refractivity contribution is 0.174. The van der Waals surface area contributed by atoms with E-state index in [4.69, 9.17) is 40.4 Å². The van der Waals surface area contributed by atoms with E-state index in [9.17, 15) is 8.42 Å². The lowest BCUT2D eigenvalue weighted by atomic mass is 10.3. The summed E-state index contributed by atoms with van der Waals surface area (Å²) in [5.41, 5.74) is 0. The smallest absolute Gasteiger partial charge is 0.327 e. The van der Waals surface area contributed by atoms with Crippen molar-refractivity contribution in [3.05, 3.63) is 47.5 Å². The van der Waals surface area contributed by atoms with E-state index < -0.39 is 10.0 Å². The molecule has 0 spiro atoms. The average molecular weight is 496 g/mol. The minimum absolute atomic E-state index is 0.0112. The summed E-state index contributed by atoms with van der Waals surface area (Å²) in [4.78, 5) is 8.10. The van der Waals surface area contributed by atoms with Gasteiger partial charge in [0.05, 0.1) is 23.6 Å². The molecular formula is C20H18ClN3O8S. The minimum atomic E-state index is -4.06. The highest BCUT2D eigenvalue weighted by molar-refractivity contribution is 7.92. The Kier molecular flexibility index (Phi) is 6.58. The number of aliphatic hydroxyl groups excluding tert-OH is 1. The second kappa shape index (κ2) is 9.57. The van der Waals surface area contributed by atoms with Gasteiger partial charge in [0.25, 0.3) is 10.0 Å². The normalized spacial score (nSPS) is 12.3. The van der Waals surface area contributed by atoms with Gasteiger partial charge in [0.15, 0.2) is 23.1 Å². The number of rotatable bonds is 9. The maximum atomic E-state index is 12.9. The SMILES string of the molecule is COc1ccc(Cl)c(Oc2nc(NS(=O)(=O)c3ccc4c(c3)OCO4)cc(OCCO)n2)c1. The van der Waals surface area contributed by atoms with Gasteiger partial charge in [0.2, 0.25) is 12.7 Å². The van der Waals surface area contributed by atoms with Crippen molar-refractivity contribution in [1.29, 1.82) is 0 Å². The molecule has 2 aromatic carbocycles. The van der Waals surface area contributed by atoms with E-state index >= 15 is 0 Å². The third-order valence-corrected chi connectivity index (χ3v) is 5.92. The van der Waals surface area contributed by atoms with Gasteiger partial charge in [-0.2, -0.15) is 9.97 Å². The van der Waals surface area contributed by atoms with Crippen molar-refractivity contribution in [3.63, 3.8) is 0 Å². The summed E-state index contributed by atoms with van der Waals surface area (Å²) in [6, 6.07) is 9.92. The molecular weight excluding hydrogens is 478 g/mol. The zero-order valence-electron chi connectivity index (χ0n) is 17.1. The first-order valence-corrected chi connectivity index (χ1v) is 11.3. The summed E-state index contributed by atoms with van der Waals surface area (Å²) in [7, 11) is -2.58. The number of ether oxygens (including phenoxy) is 5. The molecule has 11 nitrogen and oxygen atoms in total. The summed E-state index contributed by atoms with van der Waals surface area (Å²) in [6.07, 6.45) is 0. The van der Waals surface area contributed by atoms with Gasteiger partial charge in [0.1, 0.15) is 12.4 Å². The Morgan fingerprint density at radius 1 is 1.12 bits per heavy atom. The molecule has 174 valence electrons. The molecule has 0 fully saturated rings. The molecule has 1 aromatic heterocycles. The Balaban J connectivity index is 1.64. The Hall–Kier alpha value is -3.48. The monoisotopic (exact) mass is 495 g/mol. The number of aromatic nitrogens is 2. The van der Waals surface area contributed by atoms with Gasteiger partial charge < -0.3 is 28.8 Å². The van der Waals surface area contributed by atoms with Crippen LogP contribution in [0.3, 0.4) is 0 Å². The van der Waals surface area contributed by atoms with Crippen LogP contribution in [-0.2, 0) is 10.0 Å².